The molecule has 0 spiro atoms. The third-order valence-electron chi connectivity index (χ3n) is 5.04. The van der Waals surface area contributed by atoms with Crippen LogP contribution in [0.25, 0.3) is 0 Å². The molecule has 3 aromatic carbocycles. The average molecular weight is 446 g/mol. The molecular formula is C21H12BF9. The minimum Gasteiger partial charge on any atom is -0.207 e. The first-order chi connectivity index (χ1) is 14.4. The number of hydrogen-bond acceptors (Lipinski definition) is 0. The third-order valence-corrected chi connectivity index (χ3v) is 5.04. The van der Waals surface area contributed by atoms with Crippen LogP contribution in [-0.4, -0.2) is 6.71 Å². The lowest BCUT2D eigenvalue weighted by atomic mass is 9.36. The maximum Gasteiger partial charge on any atom is 0.422 e. The molecule has 3 rings (SSSR count). The molecule has 0 saturated heterocycles. The van der Waals surface area contributed by atoms with Gasteiger partial charge in [0.1, 0.15) is 40.5 Å². The van der Waals surface area contributed by atoms with Crippen molar-refractivity contribution in [2.45, 2.75) is 20.0 Å². The lowest BCUT2D eigenvalue weighted by molar-refractivity contribution is -0.142. The van der Waals surface area contributed by atoms with E-state index in [-0.39, 0.29) is 0 Å². The predicted octanol–water partition coefficient (Wildman–Crippen LogP) is 4.67. The Hall–Kier alpha value is -2.91. The summed E-state index contributed by atoms with van der Waals surface area (Å²) in [5.74, 6) is -8.51. The Balaban J connectivity index is 2.43. The Morgan fingerprint density at radius 3 is 1.29 bits per heavy atom. The second-order valence-electron chi connectivity index (χ2n) is 6.91. The second kappa shape index (κ2) is 7.98. The molecule has 0 heterocycles. The highest BCUT2D eigenvalue weighted by molar-refractivity contribution is 6.95. The molecule has 10 heteroatoms. The summed E-state index contributed by atoms with van der Waals surface area (Å²) >= 11 is 0. The van der Waals surface area contributed by atoms with Crippen molar-refractivity contribution in [3.8, 4) is 0 Å². The van der Waals surface area contributed by atoms with Crippen molar-refractivity contribution in [2.75, 3.05) is 0 Å². The number of alkyl halides is 3. The molecule has 0 fully saturated rings. The van der Waals surface area contributed by atoms with E-state index >= 15 is 0 Å². The largest absolute Gasteiger partial charge is 0.422 e. The van der Waals surface area contributed by atoms with Gasteiger partial charge in [0, 0.05) is 11.1 Å². The van der Waals surface area contributed by atoms with E-state index in [0.29, 0.717) is 12.1 Å². The van der Waals surface area contributed by atoms with Crippen molar-refractivity contribution in [3.63, 3.8) is 0 Å². The van der Waals surface area contributed by atoms with Crippen LogP contribution in [-0.2, 0) is 6.18 Å². The van der Waals surface area contributed by atoms with Gasteiger partial charge in [0.2, 0.25) is 0 Å². The zero-order valence-corrected chi connectivity index (χ0v) is 15.9. The summed E-state index contributed by atoms with van der Waals surface area (Å²) in [6.45, 7) is 0.166. The maximum atomic E-state index is 14.9. The highest BCUT2D eigenvalue weighted by atomic mass is 19.4. The predicted molar refractivity (Wildman–Crippen MR) is 98.2 cm³/mol. The molecule has 0 bridgehead atoms. The quantitative estimate of drug-likeness (QED) is 0.406. The third kappa shape index (κ3) is 3.91. The van der Waals surface area contributed by atoms with E-state index < -0.39 is 80.9 Å². The fourth-order valence-corrected chi connectivity index (χ4v) is 3.36. The summed E-state index contributed by atoms with van der Waals surface area (Å²) < 4.78 is 126. The molecule has 0 N–H and O–H groups in total. The first-order valence-corrected chi connectivity index (χ1v) is 8.80. The van der Waals surface area contributed by atoms with Gasteiger partial charge in [0.25, 0.3) is 6.71 Å². The van der Waals surface area contributed by atoms with Crippen LogP contribution in [0.2, 0.25) is 0 Å². The Bertz CT molecular complexity index is 1110. The molecule has 0 aliphatic rings. The highest BCUT2D eigenvalue weighted by Gasteiger charge is 2.41. The van der Waals surface area contributed by atoms with E-state index in [0.717, 1.165) is 38.1 Å². The zero-order valence-electron chi connectivity index (χ0n) is 15.9. The van der Waals surface area contributed by atoms with Gasteiger partial charge in [0.05, 0.1) is 0 Å². The van der Waals surface area contributed by atoms with Gasteiger partial charge >= 0.3 is 6.18 Å². The first-order valence-electron chi connectivity index (χ1n) is 8.80. The minimum absolute atomic E-state index is 0.316. The van der Waals surface area contributed by atoms with Crippen LogP contribution in [0.3, 0.4) is 0 Å². The number of benzene rings is 3. The van der Waals surface area contributed by atoms with Crippen LogP contribution in [0.5, 0.6) is 0 Å². The summed E-state index contributed by atoms with van der Waals surface area (Å²) in [5, 5.41) is 0. The molecule has 0 unspecified atom stereocenters. The van der Waals surface area contributed by atoms with Gasteiger partial charge < -0.3 is 0 Å². The molecular weight excluding hydrogens is 434 g/mol. The van der Waals surface area contributed by atoms with E-state index in [1.165, 1.54) is 0 Å². The Labute approximate surface area is 171 Å². The van der Waals surface area contributed by atoms with Crippen LogP contribution in [0.15, 0.2) is 36.4 Å². The smallest absolute Gasteiger partial charge is 0.207 e. The lowest BCUT2D eigenvalue weighted by Crippen LogP contribution is -2.56. The molecule has 0 aromatic heterocycles. The SMILES string of the molecule is Cc1c(F)ccc(B(c2ccc(F)c(C)c2F)c2ccc(F)c(C(F)(F)F)c2F)c1F. The van der Waals surface area contributed by atoms with Crippen LogP contribution < -0.4 is 16.4 Å². The lowest BCUT2D eigenvalue weighted by Gasteiger charge is -2.21. The normalized spacial score (nSPS) is 11.7. The second-order valence-corrected chi connectivity index (χ2v) is 6.91. The standard InChI is InChI=1S/C21H12BF9/c1-9-14(23)6-3-11(18(9)26)22(12-4-7-15(24)10(2)19(12)27)13-5-8-16(25)17(20(13)28)21(29,30)31/h3-8H,1-2H3. The van der Waals surface area contributed by atoms with Crippen molar-refractivity contribution in [1.82, 2.24) is 0 Å². The Kier molecular flexibility index (Phi) is 5.86. The van der Waals surface area contributed by atoms with Crippen molar-refractivity contribution in [3.05, 3.63) is 88.0 Å². The average Bonchev–Trinajstić information content (AvgIpc) is 2.68. The van der Waals surface area contributed by atoms with Gasteiger partial charge in [-0.25, -0.2) is 26.3 Å². The number of hydrogen-bond donors (Lipinski definition) is 0. The number of halogens is 9. The maximum absolute atomic E-state index is 14.9. The van der Waals surface area contributed by atoms with Gasteiger partial charge in [-0.1, -0.05) is 18.2 Å². The summed E-state index contributed by atoms with van der Waals surface area (Å²) in [4.78, 5) is 0. The van der Waals surface area contributed by atoms with E-state index in [1.807, 2.05) is 0 Å². The molecule has 0 amide bonds. The summed E-state index contributed by atoms with van der Waals surface area (Å²) in [6, 6.07) is 4.12. The van der Waals surface area contributed by atoms with Gasteiger partial charge in [-0.15, -0.1) is 0 Å². The molecule has 162 valence electrons. The van der Waals surface area contributed by atoms with Crippen LogP contribution in [0.1, 0.15) is 16.7 Å². The topological polar surface area (TPSA) is 0 Å². The Morgan fingerprint density at radius 2 is 0.903 bits per heavy atom. The van der Waals surface area contributed by atoms with E-state index in [2.05, 4.69) is 0 Å². The van der Waals surface area contributed by atoms with Crippen molar-refractivity contribution < 1.29 is 39.5 Å². The fourth-order valence-electron chi connectivity index (χ4n) is 3.36. The van der Waals surface area contributed by atoms with Crippen molar-refractivity contribution >= 4 is 23.1 Å². The summed E-state index contributed by atoms with van der Waals surface area (Å²) in [5.41, 5.74) is -5.37. The van der Waals surface area contributed by atoms with Crippen molar-refractivity contribution in [2.24, 2.45) is 0 Å². The van der Waals surface area contributed by atoms with Crippen molar-refractivity contribution in [1.29, 1.82) is 0 Å². The van der Waals surface area contributed by atoms with Gasteiger partial charge in [-0.3, -0.25) is 0 Å². The number of rotatable bonds is 3. The summed E-state index contributed by atoms with van der Waals surface area (Å²) in [6.07, 6.45) is -5.44. The molecule has 0 nitrogen and oxygen atoms in total. The molecule has 0 aliphatic heterocycles. The van der Waals surface area contributed by atoms with Crippen LogP contribution in [0, 0.1) is 48.8 Å². The molecule has 0 aliphatic carbocycles. The monoisotopic (exact) mass is 446 g/mol. The molecule has 31 heavy (non-hydrogen) atoms. The first kappa shape index (κ1) is 22.8. The molecule has 3 aromatic rings. The van der Waals surface area contributed by atoms with Gasteiger partial charge in [0.15, 0.2) is 0 Å². The minimum atomic E-state index is -5.44. The van der Waals surface area contributed by atoms with Gasteiger partial charge in [-0.2, -0.15) is 13.2 Å². The van der Waals surface area contributed by atoms with Crippen LogP contribution in [0.4, 0.5) is 39.5 Å². The Morgan fingerprint density at radius 1 is 0.548 bits per heavy atom. The van der Waals surface area contributed by atoms with E-state index in [9.17, 15) is 39.5 Å². The van der Waals surface area contributed by atoms with E-state index in [4.69, 9.17) is 0 Å². The highest BCUT2D eigenvalue weighted by Crippen LogP contribution is 2.33. The summed E-state index contributed by atoms with van der Waals surface area (Å²) in [7, 11) is 0. The molecule has 0 atom stereocenters. The zero-order chi connectivity index (χ0) is 23.2. The van der Waals surface area contributed by atoms with E-state index in [1.54, 1.807) is 0 Å². The molecule has 0 saturated carbocycles. The fraction of sp³-hybridized carbons (Fsp3) is 0.143. The van der Waals surface area contributed by atoms with Gasteiger partial charge in [-0.05, 0) is 48.4 Å². The van der Waals surface area contributed by atoms with Crippen LogP contribution >= 0.6 is 0 Å². The molecule has 0 radical (unpaired) electrons.